The number of nitrogens with zero attached hydrogens (tertiary/aromatic N) is 2. The first-order valence-corrected chi connectivity index (χ1v) is 6.28. The molecule has 0 spiro atoms. The number of nitrogen functional groups attached to an aromatic ring is 1. The van der Waals surface area contributed by atoms with Crippen molar-refractivity contribution in [3.63, 3.8) is 0 Å². The van der Waals surface area contributed by atoms with Crippen LogP contribution >= 0.6 is 0 Å². The van der Waals surface area contributed by atoms with Crippen molar-refractivity contribution in [3.05, 3.63) is 35.5 Å². The van der Waals surface area contributed by atoms with Crippen LogP contribution in [0.3, 0.4) is 0 Å². The molecule has 1 heterocycles. The van der Waals surface area contributed by atoms with Crippen LogP contribution in [0.25, 0.3) is 0 Å². The number of nitrogens with two attached hydrogens (primary N) is 1. The lowest BCUT2D eigenvalue weighted by molar-refractivity contribution is 0.475. The van der Waals surface area contributed by atoms with Crippen LogP contribution in [0.2, 0.25) is 0 Å². The summed E-state index contributed by atoms with van der Waals surface area (Å²) in [5, 5.41) is 12.6. The average molecular weight is 258 g/mol. The highest BCUT2D eigenvalue weighted by Crippen LogP contribution is 2.23. The Morgan fingerprint density at radius 3 is 2.74 bits per heavy atom. The minimum Gasteiger partial charge on any atom is -0.508 e. The highest BCUT2D eigenvalue weighted by molar-refractivity contribution is 5.62. The van der Waals surface area contributed by atoms with Crippen molar-refractivity contribution < 1.29 is 5.11 Å². The molecule has 4 N–H and O–H groups in total. The number of aryl methyl sites for hydroxylation is 2. The first-order chi connectivity index (χ1) is 9.08. The molecule has 1 aromatic carbocycles. The van der Waals surface area contributed by atoms with Gasteiger partial charge in [0.1, 0.15) is 11.6 Å². The number of benzene rings is 1. The molecule has 0 fully saturated rings. The van der Waals surface area contributed by atoms with Gasteiger partial charge in [0.05, 0.1) is 0 Å². The third kappa shape index (κ3) is 3.34. The minimum atomic E-state index is 0.247. The van der Waals surface area contributed by atoms with Crippen LogP contribution in [-0.4, -0.2) is 15.1 Å². The van der Waals surface area contributed by atoms with Crippen LogP contribution < -0.4 is 11.1 Å². The monoisotopic (exact) mass is 258 g/mol. The maximum Gasteiger partial charge on any atom is 0.222 e. The lowest BCUT2D eigenvalue weighted by Crippen LogP contribution is -2.03. The fourth-order valence-electron chi connectivity index (χ4n) is 1.89. The van der Waals surface area contributed by atoms with E-state index in [1.54, 1.807) is 12.1 Å². The van der Waals surface area contributed by atoms with E-state index in [-0.39, 0.29) is 11.7 Å². The molecular weight excluding hydrogens is 240 g/mol. The van der Waals surface area contributed by atoms with Gasteiger partial charge in [0, 0.05) is 17.4 Å². The molecule has 0 bridgehead atoms. The van der Waals surface area contributed by atoms with Gasteiger partial charge in [-0.2, -0.15) is 4.98 Å². The zero-order valence-electron chi connectivity index (χ0n) is 11.1. The molecule has 5 heteroatoms. The van der Waals surface area contributed by atoms with E-state index in [0.717, 1.165) is 29.8 Å². The predicted molar refractivity (Wildman–Crippen MR) is 76.6 cm³/mol. The summed E-state index contributed by atoms with van der Waals surface area (Å²) in [6.45, 7) is 4.01. The third-order valence-electron chi connectivity index (χ3n) is 2.78. The van der Waals surface area contributed by atoms with Gasteiger partial charge >= 0.3 is 0 Å². The van der Waals surface area contributed by atoms with E-state index in [0.29, 0.717) is 5.82 Å². The molecule has 2 aromatic rings. The SMILES string of the molecule is CCCc1cc(Nc2ccc(O)cc2C)nc(N)n1. The number of anilines is 3. The Balaban J connectivity index is 2.27. The molecular formula is C14H18N4O. The maximum atomic E-state index is 9.39. The Morgan fingerprint density at radius 1 is 1.26 bits per heavy atom. The smallest absolute Gasteiger partial charge is 0.222 e. The second kappa shape index (κ2) is 5.56. The van der Waals surface area contributed by atoms with Crippen LogP contribution in [0.5, 0.6) is 5.75 Å². The molecule has 0 saturated heterocycles. The van der Waals surface area contributed by atoms with Gasteiger partial charge in [0.25, 0.3) is 0 Å². The van der Waals surface area contributed by atoms with Crippen molar-refractivity contribution in [2.45, 2.75) is 26.7 Å². The van der Waals surface area contributed by atoms with Gasteiger partial charge in [-0.25, -0.2) is 4.98 Å². The number of rotatable bonds is 4. The summed E-state index contributed by atoms with van der Waals surface area (Å²) in [6, 6.07) is 7.03. The molecule has 0 atom stereocenters. The van der Waals surface area contributed by atoms with E-state index in [4.69, 9.17) is 5.73 Å². The van der Waals surface area contributed by atoms with Crippen molar-refractivity contribution in [3.8, 4) is 5.75 Å². The summed E-state index contributed by atoms with van der Waals surface area (Å²) in [6.07, 6.45) is 1.88. The Labute approximate surface area is 112 Å². The van der Waals surface area contributed by atoms with Crippen LogP contribution in [0, 0.1) is 6.92 Å². The molecule has 0 amide bonds. The summed E-state index contributed by atoms with van der Waals surface area (Å²) < 4.78 is 0. The van der Waals surface area contributed by atoms with Crippen LogP contribution in [0.15, 0.2) is 24.3 Å². The second-order valence-electron chi connectivity index (χ2n) is 4.48. The number of hydrogen-bond acceptors (Lipinski definition) is 5. The highest BCUT2D eigenvalue weighted by Gasteiger charge is 2.05. The zero-order chi connectivity index (χ0) is 13.8. The molecule has 19 heavy (non-hydrogen) atoms. The summed E-state index contributed by atoms with van der Waals surface area (Å²) in [4.78, 5) is 8.36. The van der Waals surface area contributed by atoms with E-state index in [9.17, 15) is 5.11 Å². The summed E-state index contributed by atoms with van der Waals surface area (Å²) >= 11 is 0. The van der Waals surface area contributed by atoms with E-state index in [1.807, 2.05) is 19.1 Å². The van der Waals surface area contributed by atoms with Crippen molar-refractivity contribution >= 4 is 17.5 Å². The number of hydrogen-bond donors (Lipinski definition) is 3. The van der Waals surface area contributed by atoms with Crippen molar-refractivity contribution in [1.29, 1.82) is 0 Å². The van der Waals surface area contributed by atoms with Gasteiger partial charge in [-0.05, 0) is 37.1 Å². The molecule has 5 nitrogen and oxygen atoms in total. The Kier molecular flexibility index (Phi) is 3.85. The Morgan fingerprint density at radius 2 is 2.05 bits per heavy atom. The van der Waals surface area contributed by atoms with Crippen molar-refractivity contribution in [1.82, 2.24) is 9.97 Å². The Bertz CT molecular complexity index is 584. The van der Waals surface area contributed by atoms with Crippen LogP contribution in [0.4, 0.5) is 17.5 Å². The molecule has 2 rings (SSSR count). The van der Waals surface area contributed by atoms with Crippen LogP contribution in [0.1, 0.15) is 24.6 Å². The van der Waals surface area contributed by atoms with Gasteiger partial charge in [-0.15, -0.1) is 0 Å². The normalized spacial score (nSPS) is 10.4. The fourth-order valence-corrected chi connectivity index (χ4v) is 1.89. The van der Waals surface area contributed by atoms with Gasteiger partial charge in [0.2, 0.25) is 5.95 Å². The molecule has 0 unspecified atom stereocenters. The van der Waals surface area contributed by atoms with Gasteiger partial charge in [-0.1, -0.05) is 13.3 Å². The molecule has 0 aliphatic carbocycles. The average Bonchev–Trinajstić information content (AvgIpc) is 2.32. The molecule has 0 saturated carbocycles. The van der Waals surface area contributed by atoms with E-state index in [2.05, 4.69) is 22.2 Å². The number of aromatic hydroxyl groups is 1. The molecule has 0 aliphatic heterocycles. The summed E-state index contributed by atoms with van der Waals surface area (Å²) in [7, 11) is 0. The quantitative estimate of drug-likeness (QED) is 0.734. The molecule has 1 aromatic heterocycles. The standard InChI is InChI=1S/C14H18N4O/c1-3-4-10-8-13(18-14(15)16-10)17-12-6-5-11(19)7-9(12)2/h5-8,19H,3-4H2,1-2H3,(H3,15,16,17,18). The number of phenols is 1. The van der Waals surface area contributed by atoms with Gasteiger partial charge in [-0.3, -0.25) is 0 Å². The fraction of sp³-hybridized carbons (Fsp3) is 0.286. The highest BCUT2D eigenvalue weighted by atomic mass is 16.3. The topological polar surface area (TPSA) is 84.1 Å². The predicted octanol–water partition coefficient (Wildman–Crippen LogP) is 2.77. The Hall–Kier alpha value is -2.30. The lowest BCUT2D eigenvalue weighted by Gasteiger charge is -2.10. The number of aromatic nitrogens is 2. The molecule has 100 valence electrons. The van der Waals surface area contributed by atoms with E-state index in [1.165, 1.54) is 0 Å². The third-order valence-corrected chi connectivity index (χ3v) is 2.78. The number of phenolic OH excluding ortho intramolecular Hbond substituents is 1. The summed E-state index contributed by atoms with van der Waals surface area (Å²) in [5.41, 5.74) is 8.45. The summed E-state index contributed by atoms with van der Waals surface area (Å²) in [5.74, 6) is 1.19. The zero-order valence-corrected chi connectivity index (χ0v) is 11.1. The first kappa shape index (κ1) is 13.1. The largest absolute Gasteiger partial charge is 0.508 e. The minimum absolute atomic E-state index is 0.247. The van der Waals surface area contributed by atoms with Gasteiger partial charge in [0.15, 0.2) is 0 Å². The van der Waals surface area contributed by atoms with Crippen molar-refractivity contribution in [2.24, 2.45) is 0 Å². The van der Waals surface area contributed by atoms with Crippen molar-refractivity contribution in [2.75, 3.05) is 11.1 Å². The second-order valence-corrected chi connectivity index (χ2v) is 4.48. The lowest BCUT2D eigenvalue weighted by atomic mass is 10.2. The van der Waals surface area contributed by atoms with Crippen LogP contribution in [-0.2, 0) is 6.42 Å². The number of nitrogens with one attached hydrogen (secondary N) is 1. The molecule has 0 radical (unpaired) electrons. The maximum absolute atomic E-state index is 9.39. The molecule has 0 aliphatic rings. The van der Waals surface area contributed by atoms with E-state index >= 15 is 0 Å². The first-order valence-electron chi connectivity index (χ1n) is 6.28. The van der Waals surface area contributed by atoms with E-state index < -0.39 is 0 Å². The van der Waals surface area contributed by atoms with Gasteiger partial charge < -0.3 is 16.2 Å².